The van der Waals surface area contributed by atoms with E-state index in [-0.39, 0.29) is 0 Å². The van der Waals surface area contributed by atoms with E-state index in [0.717, 1.165) is 29.6 Å². The van der Waals surface area contributed by atoms with Gasteiger partial charge in [0.15, 0.2) is 5.58 Å². The molecule has 0 amide bonds. The van der Waals surface area contributed by atoms with Crippen molar-refractivity contribution in [3.8, 4) is 0 Å². The van der Waals surface area contributed by atoms with E-state index in [0.29, 0.717) is 11.8 Å². The van der Waals surface area contributed by atoms with Crippen LogP contribution in [0, 0.1) is 5.92 Å². The van der Waals surface area contributed by atoms with Crippen molar-refractivity contribution in [2.75, 3.05) is 0 Å². The molecule has 0 saturated carbocycles. The molecule has 1 aliphatic rings. The zero-order chi connectivity index (χ0) is 12.1. The average Bonchev–Trinajstić information content (AvgIpc) is 2.80. The third-order valence-electron chi connectivity index (χ3n) is 3.62. The maximum Gasteiger partial charge on any atom is 0.307 e. The van der Waals surface area contributed by atoms with Gasteiger partial charge in [-0.05, 0) is 37.0 Å². The zero-order valence-electron chi connectivity index (χ0n) is 10.3. The Balaban J connectivity index is 2.10. The summed E-state index contributed by atoms with van der Waals surface area (Å²) in [5.74, 6) is 1.35. The van der Waals surface area contributed by atoms with Gasteiger partial charge in [-0.3, -0.25) is 4.40 Å². The van der Waals surface area contributed by atoms with Gasteiger partial charge in [0.25, 0.3) is 0 Å². The lowest BCUT2D eigenvalue weighted by Crippen LogP contribution is -1.98. The Morgan fingerprint density at radius 2 is 2.22 bits per heavy atom. The minimum atomic E-state index is 0.647. The quantitative estimate of drug-likeness (QED) is 0.598. The minimum Gasteiger partial charge on any atom is -0.423 e. The van der Waals surface area contributed by atoms with Gasteiger partial charge < -0.3 is 4.42 Å². The molecule has 2 aromatic heterocycles. The summed E-state index contributed by atoms with van der Waals surface area (Å²) in [6, 6.07) is 8.09. The molecule has 0 aliphatic heterocycles. The first-order valence-electron chi connectivity index (χ1n) is 6.38. The Morgan fingerprint density at radius 3 is 3.17 bits per heavy atom. The van der Waals surface area contributed by atoms with Crippen molar-refractivity contribution in [3.63, 3.8) is 0 Å². The minimum absolute atomic E-state index is 0.647. The second-order valence-corrected chi connectivity index (χ2v) is 5.08. The second kappa shape index (κ2) is 3.48. The van der Waals surface area contributed by atoms with E-state index in [9.17, 15) is 0 Å². The number of imidazole rings is 1. The maximum atomic E-state index is 5.80. The highest BCUT2D eigenvalue weighted by molar-refractivity contribution is 5.78. The number of rotatable bonds is 0. The first-order chi connectivity index (χ1) is 8.83. The van der Waals surface area contributed by atoms with E-state index in [1.807, 2.05) is 18.2 Å². The molecule has 0 spiro atoms. The lowest BCUT2D eigenvalue weighted by Gasteiger charge is -2.03. The molecular formula is C15H14N2O. The van der Waals surface area contributed by atoms with Gasteiger partial charge in [-0.25, -0.2) is 0 Å². The molecule has 0 N–H and O–H groups in total. The van der Waals surface area contributed by atoms with Crippen LogP contribution in [0.1, 0.15) is 24.7 Å². The van der Waals surface area contributed by atoms with E-state index in [4.69, 9.17) is 4.42 Å². The molecule has 1 atom stereocenters. The van der Waals surface area contributed by atoms with Crippen LogP contribution in [0.15, 0.2) is 34.8 Å². The summed E-state index contributed by atoms with van der Waals surface area (Å²) >= 11 is 0. The van der Waals surface area contributed by atoms with Gasteiger partial charge in [0.1, 0.15) is 0 Å². The van der Waals surface area contributed by atoms with Crippen LogP contribution in [0.25, 0.3) is 23.0 Å². The third-order valence-corrected chi connectivity index (χ3v) is 3.62. The maximum absolute atomic E-state index is 5.80. The topological polar surface area (TPSA) is 30.4 Å². The van der Waals surface area contributed by atoms with E-state index in [2.05, 4.69) is 34.5 Å². The molecule has 2 heterocycles. The standard InChI is InChI=1S/C15H14N2O/c1-10-5-4-7-12-11(9-10)16-15-17(12)13-6-2-3-8-14(13)18-15/h2-4,6-8,10H,5,9H2,1H3/t10-/m0/s1. The summed E-state index contributed by atoms with van der Waals surface area (Å²) < 4.78 is 7.92. The predicted octanol–water partition coefficient (Wildman–Crippen LogP) is 3.68. The molecule has 90 valence electrons. The summed E-state index contributed by atoms with van der Waals surface area (Å²) in [5.41, 5.74) is 4.33. The molecule has 3 heteroatoms. The molecule has 0 saturated heterocycles. The number of fused-ring (bicyclic) bond motifs is 5. The van der Waals surface area contributed by atoms with Crippen molar-refractivity contribution in [1.82, 2.24) is 9.38 Å². The fourth-order valence-corrected chi connectivity index (χ4v) is 2.73. The number of oxazole rings is 1. The van der Waals surface area contributed by atoms with Crippen LogP contribution in [0.3, 0.4) is 0 Å². The number of para-hydroxylation sites is 2. The highest BCUT2D eigenvalue weighted by Crippen LogP contribution is 2.28. The van der Waals surface area contributed by atoms with Crippen LogP contribution in [0.5, 0.6) is 0 Å². The first-order valence-corrected chi connectivity index (χ1v) is 6.38. The third kappa shape index (κ3) is 1.27. The molecule has 0 unspecified atom stereocenters. The Morgan fingerprint density at radius 1 is 1.33 bits per heavy atom. The van der Waals surface area contributed by atoms with Gasteiger partial charge >= 0.3 is 5.84 Å². The van der Waals surface area contributed by atoms with Crippen molar-refractivity contribution in [2.45, 2.75) is 19.8 Å². The van der Waals surface area contributed by atoms with Crippen LogP contribution >= 0.6 is 0 Å². The van der Waals surface area contributed by atoms with Crippen molar-refractivity contribution < 1.29 is 4.42 Å². The first kappa shape index (κ1) is 9.95. The van der Waals surface area contributed by atoms with Gasteiger partial charge in [0, 0.05) is 0 Å². The van der Waals surface area contributed by atoms with Crippen LogP contribution in [-0.4, -0.2) is 9.38 Å². The highest BCUT2D eigenvalue weighted by Gasteiger charge is 2.19. The number of allylic oxidation sites excluding steroid dienone is 1. The molecule has 1 aromatic carbocycles. The normalized spacial score (nSPS) is 19.3. The van der Waals surface area contributed by atoms with Crippen LogP contribution in [0.4, 0.5) is 0 Å². The molecule has 0 bridgehead atoms. The SMILES string of the molecule is C[C@H]1CC=Cc2c(nc3oc4ccccc4n23)C1. The summed E-state index contributed by atoms with van der Waals surface area (Å²) in [4.78, 5) is 4.65. The summed E-state index contributed by atoms with van der Waals surface area (Å²) in [6.07, 6.45) is 6.56. The number of nitrogens with zero attached hydrogens (tertiary/aromatic N) is 2. The number of aromatic nitrogens is 2. The fraction of sp³-hybridized carbons (Fsp3) is 0.267. The lowest BCUT2D eigenvalue weighted by atomic mass is 10.0. The zero-order valence-corrected chi connectivity index (χ0v) is 10.3. The number of hydrogen-bond acceptors (Lipinski definition) is 2. The van der Waals surface area contributed by atoms with Gasteiger partial charge in [0.2, 0.25) is 0 Å². The van der Waals surface area contributed by atoms with Gasteiger partial charge in [-0.2, -0.15) is 4.98 Å². The predicted molar refractivity (Wildman–Crippen MR) is 71.5 cm³/mol. The van der Waals surface area contributed by atoms with E-state index in [1.54, 1.807) is 0 Å². The average molecular weight is 238 g/mol. The summed E-state index contributed by atoms with van der Waals surface area (Å²) in [6.45, 7) is 2.26. The van der Waals surface area contributed by atoms with Crippen molar-refractivity contribution in [2.24, 2.45) is 5.92 Å². The molecule has 3 nitrogen and oxygen atoms in total. The molecular weight excluding hydrogens is 224 g/mol. The molecule has 4 rings (SSSR count). The fourth-order valence-electron chi connectivity index (χ4n) is 2.73. The van der Waals surface area contributed by atoms with Crippen LogP contribution in [-0.2, 0) is 6.42 Å². The molecule has 1 aliphatic carbocycles. The second-order valence-electron chi connectivity index (χ2n) is 5.08. The molecule has 3 aromatic rings. The van der Waals surface area contributed by atoms with Crippen molar-refractivity contribution >= 4 is 23.0 Å². The van der Waals surface area contributed by atoms with E-state index < -0.39 is 0 Å². The monoisotopic (exact) mass is 238 g/mol. The van der Waals surface area contributed by atoms with Crippen molar-refractivity contribution in [1.29, 1.82) is 0 Å². The smallest absolute Gasteiger partial charge is 0.307 e. The Kier molecular flexibility index (Phi) is 1.92. The summed E-state index contributed by atoms with van der Waals surface area (Å²) in [5, 5.41) is 0. The Bertz CT molecular complexity index is 763. The Labute approximate surface area is 105 Å². The number of hydrogen-bond donors (Lipinski definition) is 0. The highest BCUT2D eigenvalue weighted by atomic mass is 16.4. The van der Waals surface area contributed by atoms with Gasteiger partial charge in [-0.1, -0.05) is 25.1 Å². The van der Waals surface area contributed by atoms with Crippen LogP contribution in [0.2, 0.25) is 0 Å². The van der Waals surface area contributed by atoms with Crippen LogP contribution < -0.4 is 0 Å². The molecule has 0 fully saturated rings. The Hall–Kier alpha value is -2.03. The van der Waals surface area contributed by atoms with Gasteiger partial charge in [0.05, 0.1) is 16.9 Å². The van der Waals surface area contributed by atoms with E-state index in [1.165, 1.54) is 5.69 Å². The van der Waals surface area contributed by atoms with Gasteiger partial charge in [-0.15, -0.1) is 0 Å². The van der Waals surface area contributed by atoms with Crippen molar-refractivity contribution in [3.05, 3.63) is 41.7 Å². The molecule has 0 radical (unpaired) electrons. The lowest BCUT2D eigenvalue weighted by molar-refractivity contribution is 0.583. The molecule has 18 heavy (non-hydrogen) atoms. The summed E-state index contributed by atoms with van der Waals surface area (Å²) in [7, 11) is 0. The largest absolute Gasteiger partial charge is 0.423 e. The van der Waals surface area contributed by atoms with E-state index >= 15 is 0 Å². The number of benzene rings is 1.